The van der Waals surface area contributed by atoms with Gasteiger partial charge >= 0.3 is 6.18 Å². The SMILES string of the molecule is CC[C@@H](C)NC(=O)[C@@H](CC)N(Cc1ccc(Cl)cc1Cl)C(=O)CN(c1cccc(C(F)(F)F)c1)S(=O)(=O)c1ccc(C)cc1. The van der Waals surface area contributed by atoms with Gasteiger partial charge in [-0.05, 0) is 74.7 Å². The van der Waals surface area contributed by atoms with Crippen LogP contribution in [0.3, 0.4) is 0 Å². The van der Waals surface area contributed by atoms with Crippen LogP contribution in [-0.4, -0.2) is 43.8 Å². The Morgan fingerprint density at radius 1 is 0.955 bits per heavy atom. The predicted molar refractivity (Wildman–Crippen MR) is 166 cm³/mol. The van der Waals surface area contributed by atoms with Gasteiger partial charge in [0, 0.05) is 22.6 Å². The van der Waals surface area contributed by atoms with Crippen molar-refractivity contribution in [3.63, 3.8) is 0 Å². The summed E-state index contributed by atoms with van der Waals surface area (Å²) in [6.07, 6.45) is -3.98. The number of hydrogen-bond donors (Lipinski definition) is 1. The molecular weight excluding hydrogens is 638 g/mol. The highest BCUT2D eigenvalue weighted by atomic mass is 35.5. The summed E-state index contributed by atoms with van der Waals surface area (Å²) in [5.74, 6) is -1.29. The molecular formula is C31H34Cl2F3N3O4S. The minimum Gasteiger partial charge on any atom is -0.352 e. The summed E-state index contributed by atoms with van der Waals surface area (Å²) in [5, 5.41) is 3.41. The van der Waals surface area contributed by atoms with Gasteiger partial charge in [0.1, 0.15) is 12.6 Å². The quantitative estimate of drug-likeness (QED) is 0.220. The van der Waals surface area contributed by atoms with Gasteiger partial charge < -0.3 is 10.2 Å². The van der Waals surface area contributed by atoms with Crippen molar-refractivity contribution >= 4 is 50.7 Å². The maximum atomic E-state index is 14.1. The number of nitrogens with one attached hydrogen (secondary N) is 1. The molecule has 0 aliphatic carbocycles. The Balaban J connectivity index is 2.14. The average Bonchev–Trinajstić information content (AvgIpc) is 2.96. The van der Waals surface area contributed by atoms with Crippen LogP contribution < -0.4 is 9.62 Å². The topological polar surface area (TPSA) is 86.8 Å². The second-order valence-electron chi connectivity index (χ2n) is 10.4. The fourth-order valence-corrected chi connectivity index (χ4v) is 6.27. The predicted octanol–water partition coefficient (Wildman–Crippen LogP) is 7.24. The first kappa shape index (κ1) is 35.2. The van der Waals surface area contributed by atoms with Crippen molar-refractivity contribution in [2.45, 2.75) is 70.2 Å². The van der Waals surface area contributed by atoms with Crippen LogP contribution in [-0.2, 0) is 32.3 Å². The maximum absolute atomic E-state index is 14.1. The van der Waals surface area contributed by atoms with Crippen LogP contribution in [0.25, 0.3) is 0 Å². The monoisotopic (exact) mass is 671 g/mol. The molecule has 0 aromatic heterocycles. The molecule has 238 valence electrons. The molecule has 0 bridgehead atoms. The number of amides is 2. The number of alkyl halides is 3. The highest BCUT2D eigenvalue weighted by molar-refractivity contribution is 7.92. The molecule has 0 aliphatic rings. The van der Waals surface area contributed by atoms with Gasteiger partial charge in [0.2, 0.25) is 11.8 Å². The maximum Gasteiger partial charge on any atom is 0.416 e. The van der Waals surface area contributed by atoms with E-state index in [1.807, 2.05) is 6.92 Å². The van der Waals surface area contributed by atoms with Gasteiger partial charge in [0.25, 0.3) is 10.0 Å². The molecule has 2 atom stereocenters. The van der Waals surface area contributed by atoms with E-state index in [0.717, 1.165) is 17.7 Å². The Bertz CT molecular complexity index is 1580. The molecule has 44 heavy (non-hydrogen) atoms. The summed E-state index contributed by atoms with van der Waals surface area (Å²) in [6.45, 7) is 6.04. The van der Waals surface area contributed by atoms with Gasteiger partial charge in [-0.15, -0.1) is 0 Å². The molecule has 0 heterocycles. The van der Waals surface area contributed by atoms with Gasteiger partial charge in [-0.3, -0.25) is 13.9 Å². The Hall–Kier alpha value is -3.28. The molecule has 0 saturated carbocycles. The van der Waals surface area contributed by atoms with Crippen LogP contribution >= 0.6 is 23.2 Å². The Labute approximate surface area is 266 Å². The number of sulfonamides is 1. The van der Waals surface area contributed by atoms with E-state index >= 15 is 0 Å². The lowest BCUT2D eigenvalue weighted by atomic mass is 10.1. The number of aryl methyl sites for hydroxylation is 1. The number of carbonyl (C=O) groups excluding carboxylic acids is 2. The van der Waals surface area contributed by atoms with Gasteiger partial charge in [-0.25, -0.2) is 8.42 Å². The first-order chi connectivity index (χ1) is 20.6. The van der Waals surface area contributed by atoms with E-state index in [2.05, 4.69) is 5.32 Å². The summed E-state index contributed by atoms with van der Waals surface area (Å²) in [6, 6.07) is 12.8. The number of halogens is 5. The molecule has 3 aromatic rings. The van der Waals surface area contributed by atoms with E-state index in [9.17, 15) is 31.2 Å². The molecule has 2 amide bonds. The van der Waals surface area contributed by atoms with E-state index in [-0.39, 0.29) is 34.6 Å². The number of anilines is 1. The van der Waals surface area contributed by atoms with Crippen molar-refractivity contribution in [1.82, 2.24) is 10.2 Å². The van der Waals surface area contributed by atoms with E-state index in [1.54, 1.807) is 45.0 Å². The third kappa shape index (κ3) is 8.67. The molecule has 0 saturated heterocycles. The van der Waals surface area contributed by atoms with Gasteiger partial charge in [-0.2, -0.15) is 13.2 Å². The lowest BCUT2D eigenvalue weighted by Gasteiger charge is -2.34. The minimum atomic E-state index is -4.77. The van der Waals surface area contributed by atoms with E-state index < -0.39 is 46.2 Å². The normalized spacial score (nSPS) is 13.2. The van der Waals surface area contributed by atoms with E-state index in [1.165, 1.54) is 29.2 Å². The summed E-state index contributed by atoms with van der Waals surface area (Å²) in [5.41, 5.74) is -0.257. The van der Waals surface area contributed by atoms with Crippen LogP contribution in [0.1, 0.15) is 50.3 Å². The number of benzene rings is 3. The first-order valence-corrected chi connectivity index (χ1v) is 16.1. The van der Waals surface area contributed by atoms with Crippen molar-refractivity contribution in [3.05, 3.63) is 93.5 Å². The standard InChI is InChI=1S/C31H34Cl2F3N3O4S/c1-5-21(4)37-30(41)28(6-2)38(18-22-12-13-24(32)17-27(22)33)29(40)19-39(25-9-7-8-23(16-25)31(34,35)36)44(42,43)26-14-10-20(3)11-15-26/h7-17,21,28H,5-6,18-19H2,1-4H3,(H,37,41)/t21-,28-/m1/s1. The Morgan fingerprint density at radius 3 is 2.18 bits per heavy atom. The zero-order chi connectivity index (χ0) is 32.8. The minimum absolute atomic E-state index is 0.160. The van der Waals surface area contributed by atoms with Crippen molar-refractivity contribution in [2.75, 3.05) is 10.8 Å². The molecule has 13 heteroatoms. The Morgan fingerprint density at radius 2 is 1.61 bits per heavy atom. The van der Waals surface area contributed by atoms with Crippen molar-refractivity contribution in [1.29, 1.82) is 0 Å². The fourth-order valence-electron chi connectivity index (χ4n) is 4.40. The van der Waals surface area contributed by atoms with Gasteiger partial charge in [0.15, 0.2) is 0 Å². The number of rotatable bonds is 12. The van der Waals surface area contributed by atoms with Crippen LogP contribution in [0.4, 0.5) is 18.9 Å². The summed E-state index contributed by atoms with van der Waals surface area (Å²) < 4.78 is 69.5. The van der Waals surface area contributed by atoms with Gasteiger partial charge in [0.05, 0.1) is 16.1 Å². The van der Waals surface area contributed by atoms with Crippen LogP contribution in [0.15, 0.2) is 71.6 Å². The van der Waals surface area contributed by atoms with E-state index in [4.69, 9.17) is 23.2 Å². The van der Waals surface area contributed by atoms with Crippen molar-refractivity contribution in [3.8, 4) is 0 Å². The molecule has 0 aliphatic heterocycles. The van der Waals surface area contributed by atoms with Crippen molar-refractivity contribution < 1.29 is 31.2 Å². The molecule has 0 spiro atoms. The third-order valence-electron chi connectivity index (χ3n) is 7.09. The molecule has 3 rings (SSSR count). The van der Waals surface area contributed by atoms with Crippen LogP contribution in [0.5, 0.6) is 0 Å². The number of nitrogens with zero attached hydrogens (tertiary/aromatic N) is 2. The van der Waals surface area contributed by atoms with Crippen LogP contribution in [0, 0.1) is 6.92 Å². The first-order valence-electron chi connectivity index (χ1n) is 13.9. The highest BCUT2D eigenvalue weighted by Gasteiger charge is 2.36. The summed E-state index contributed by atoms with van der Waals surface area (Å²) in [4.78, 5) is 28.5. The van der Waals surface area contributed by atoms with Gasteiger partial charge in [-0.1, -0.05) is 66.9 Å². The lowest BCUT2D eigenvalue weighted by Crippen LogP contribution is -2.53. The molecule has 0 radical (unpaired) electrons. The zero-order valence-electron chi connectivity index (χ0n) is 24.7. The second kappa shape index (κ2) is 14.7. The second-order valence-corrected chi connectivity index (χ2v) is 13.1. The zero-order valence-corrected chi connectivity index (χ0v) is 27.0. The third-order valence-corrected chi connectivity index (χ3v) is 9.47. The summed E-state index contributed by atoms with van der Waals surface area (Å²) in [7, 11) is -4.55. The number of carbonyl (C=O) groups is 2. The molecule has 3 aromatic carbocycles. The highest BCUT2D eigenvalue weighted by Crippen LogP contribution is 2.34. The van der Waals surface area contributed by atoms with Crippen LogP contribution in [0.2, 0.25) is 10.0 Å². The molecule has 7 nitrogen and oxygen atoms in total. The molecule has 0 unspecified atom stereocenters. The summed E-state index contributed by atoms with van der Waals surface area (Å²) >= 11 is 12.5. The fraction of sp³-hybridized carbons (Fsp3) is 0.355. The smallest absolute Gasteiger partial charge is 0.352 e. The van der Waals surface area contributed by atoms with Crippen molar-refractivity contribution in [2.24, 2.45) is 0 Å². The molecule has 1 N–H and O–H groups in total. The average molecular weight is 673 g/mol. The Kier molecular flexibility index (Phi) is 11.7. The largest absolute Gasteiger partial charge is 0.416 e. The lowest BCUT2D eigenvalue weighted by molar-refractivity contribution is -0.140. The van der Waals surface area contributed by atoms with E-state index in [0.29, 0.717) is 27.4 Å². The number of hydrogen-bond acceptors (Lipinski definition) is 4. The molecule has 0 fully saturated rings.